The molecule has 3 heterocycles. The molecule has 0 bridgehead atoms. The molecular weight excluding hydrogens is 274 g/mol. The Hall–Kier alpha value is -2.36. The fraction of sp³-hybridized carbons (Fsp3) is 0.333. The van der Waals surface area contributed by atoms with E-state index in [-0.39, 0.29) is 0 Å². The predicted octanol–water partition coefficient (Wildman–Crippen LogP) is 2.32. The number of hydrogen-bond acceptors (Lipinski definition) is 3. The Balaban J connectivity index is 1.70. The maximum atomic E-state index is 6.15. The molecular formula is C18H18N3O+. The second kappa shape index (κ2) is 4.57. The van der Waals surface area contributed by atoms with E-state index >= 15 is 0 Å². The van der Waals surface area contributed by atoms with Crippen molar-refractivity contribution in [2.24, 2.45) is 0 Å². The van der Waals surface area contributed by atoms with Gasteiger partial charge in [-0.05, 0) is 24.6 Å². The molecule has 0 aromatic heterocycles. The fourth-order valence-electron chi connectivity index (χ4n) is 3.14. The predicted molar refractivity (Wildman–Crippen MR) is 87.1 cm³/mol. The summed E-state index contributed by atoms with van der Waals surface area (Å²) in [5.74, 6) is 0.873. The normalized spacial score (nSPS) is 17.6. The van der Waals surface area contributed by atoms with Gasteiger partial charge in [0.25, 0.3) is 0 Å². The number of benzene rings is 2. The van der Waals surface area contributed by atoms with E-state index < -0.39 is 0 Å². The lowest BCUT2D eigenvalue weighted by molar-refractivity contribution is 0.432. The molecule has 3 aliphatic heterocycles. The molecule has 1 aromatic carbocycles. The molecule has 5 rings (SSSR count). The van der Waals surface area contributed by atoms with E-state index in [1.54, 1.807) is 0 Å². The number of aromatic nitrogens is 1. The van der Waals surface area contributed by atoms with Crippen molar-refractivity contribution in [3.8, 4) is 11.5 Å². The van der Waals surface area contributed by atoms with E-state index in [0.717, 1.165) is 48.7 Å². The minimum absolute atomic E-state index is 0.873. The van der Waals surface area contributed by atoms with Crippen molar-refractivity contribution in [2.75, 3.05) is 31.1 Å². The van der Waals surface area contributed by atoms with Gasteiger partial charge in [0.1, 0.15) is 24.3 Å². The summed E-state index contributed by atoms with van der Waals surface area (Å²) in [6, 6.07) is 12.7. The summed E-state index contributed by atoms with van der Waals surface area (Å²) in [5, 5.41) is 1.24. The molecule has 0 saturated carbocycles. The smallest absolute Gasteiger partial charge is 0.203 e. The molecule has 2 fully saturated rings. The zero-order valence-corrected chi connectivity index (χ0v) is 12.5. The van der Waals surface area contributed by atoms with Crippen LogP contribution in [0.4, 0.5) is 5.69 Å². The summed E-state index contributed by atoms with van der Waals surface area (Å²) in [6.07, 6.45) is 2.56. The number of fused-ring (bicyclic) bond motifs is 2. The molecule has 0 spiro atoms. The molecule has 1 aliphatic carbocycles. The van der Waals surface area contributed by atoms with Crippen molar-refractivity contribution in [3.63, 3.8) is 0 Å². The molecule has 0 unspecified atom stereocenters. The topological polar surface area (TPSA) is 32.3 Å². The Bertz CT molecular complexity index is 902. The Morgan fingerprint density at radius 1 is 1.00 bits per heavy atom. The van der Waals surface area contributed by atoms with E-state index in [1.165, 1.54) is 23.9 Å². The highest BCUT2D eigenvalue weighted by atomic mass is 16.3. The zero-order valence-electron chi connectivity index (χ0n) is 12.5. The zero-order chi connectivity index (χ0) is 14.5. The molecule has 0 N–H and O–H groups in total. The van der Waals surface area contributed by atoms with Gasteiger partial charge in [0, 0.05) is 30.9 Å². The van der Waals surface area contributed by atoms with Crippen LogP contribution in [0.2, 0.25) is 0 Å². The van der Waals surface area contributed by atoms with Gasteiger partial charge in [-0.15, -0.1) is 0 Å². The standard InChI is InChI=1S/C18H18N3O/c1-7-20(8-1)13-3-5-15-17(11-13)22-18-12-14(21-9-2-10-21)4-6-16(18)19-15/h3-6,11-12H,1-2,7-10H2/q+1. The summed E-state index contributed by atoms with van der Waals surface area (Å²) >= 11 is 0. The van der Waals surface area contributed by atoms with Crippen molar-refractivity contribution < 1.29 is 4.42 Å². The Kier molecular flexibility index (Phi) is 2.53. The van der Waals surface area contributed by atoms with Gasteiger partial charge in [-0.25, -0.2) is 9.56 Å². The minimum Gasteiger partial charge on any atom is -0.452 e. The molecule has 110 valence electrons. The molecule has 4 heteroatoms. The van der Waals surface area contributed by atoms with E-state index in [2.05, 4.69) is 45.9 Å². The average molecular weight is 292 g/mol. The molecule has 4 aliphatic rings. The van der Waals surface area contributed by atoms with Crippen molar-refractivity contribution in [1.29, 1.82) is 0 Å². The Morgan fingerprint density at radius 2 is 1.91 bits per heavy atom. The third-order valence-corrected chi connectivity index (χ3v) is 4.79. The van der Waals surface area contributed by atoms with Gasteiger partial charge in [-0.1, -0.05) is 0 Å². The van der Waals surface area contributed by atoms with Crippen LogP contribution in [0.5, 0.6) is 0 Å². The van der Waals surface area contributed by atoms with Gasteiger partial charge in [0.2, 0.25) is 5.36 Å². The first-order chi connectivity index (χ1) is 10.9. The van der Waals surface area contributed by atoms with Crippen LogP contribution in [0.3, 0.4) is 0 Å². The molecule has 0 radical (unpaired) electrons. The summed E-state index contributed by atoms with van der Waals surface area (Å²) in [7, 11) is 0. The summed E-state index contributed by atoms with van der Waals surface area (Å²) in [6.45, 7) is 4.58. The maximum absolute atomic E-state index is 6.15. The second-order valence-corrected chi connectivity index (χ2v) is 6.20. The van der Waals surface area contributed by atoms with Gasteiger partial charge >= 0.3 is 0 Å². The SMILES string of the molecule is c1cc2nc3ccc(=[N+]4CCC4)cc-3oc2cc1N1CCC1. The van der Waals surface area contributed by atoms with Crippen LogP contribution in [0.25, 0.3) is 22.6 Å². The highest BCUT2D eigenvalue weighted by Crippen LogP contribution is 2.28. The van der Waals surface area contributed by atoms with Gasteiger partial charge in [0.15, 0.2) is 11.3 Å². The van der Waals surface area contributed by atoms with Gasteiger partial charge in [-0.2, -0.15) is 0 Å². The van der Waals surface area contributed by atoms with E-state index in [0.29, 0.717) is 0 Å². The van der Waals surface area contributed by atoms with Crippen molar-refractivity contribution in [2.45, 2.75) is 12.8 Å². The quantitative estimate of drug-likeness (QED) is 0.510. The largest absolute Gasteiger partial charge is 0.452 e. The van der Waals surface area contributed by atoms with Crippen LogP contribution in [-0.2, 0) is 0 Å². The molecule has 0 amide bonds. The number of nitrogens with zero attached hydrogens (tertiary/aromatic N) is 3. The van der Waals surface area contributed by atoms with Crippen LogP contribution in [0.1, 0.15) is 12.8 Å². The van der Waals surface area contributed by atoms with E-state index in [9.17, 15) is 0 Å². The van der Waals surface area contributed by atoms with Crippen molar-refractivity contribution >= 4 is 16.8 Å². The first kappa shape index (κ1) is 12.2. The van der Waals surface area contributed by atoms with Crippen LogP contribution < -0.4 is 14.8 Å². The highest BCUT2D eigenvalue weighted by molar-refractivity contribution is 5.80. The minimum atomic E-state index is 0.873. The van der Waals surface area contributed by atoms with E-state index in [4.69, 9.17) is 9.40 Å². The maximum Gasteiger partial charge on any atom is 0.203 e. The number of hydrogen-bond donors (Lipinski definition) is 0. The van der Waals surface area contributed by atoms with Gasteiger partial charge in [0.05, 0.1) is 12.5 Å². The van der Waals surface area contributed by atoms with Crippen molar-refractivity contribution in [3.05, 3.63) is 41.8 Å². The van der Waals surface area contributed by atoms with Crippen LogP contribution in [0.15, 0.2) is 40.8 Å². The third kappa shape index (κ3) is 1.83. The summed E-state index contributed by atoms with van der Waals surface area (Å²) in [4.78, 5) is 7.11. The molecule has 22 heavy (non-hydrogen) atoms. The molecule has 4 nitrogen and oxygen atoms in total. The lowest BCUT2D eigenvalue weighted by Gasteiger charge is -2.33. The molecule has 0 atom stereocenters. The lowest BCUT2D eigenvalue weighted by Crippen LogP contribution is -2.40. The Labute approximate surface area is 128 Å². The number of rotatable bonds is 1. The summed E-state index contributed by atoms with van der Waals surface area (Å²) < 4.78 is 8.52. The summed E-state index contributed by atoms with van der Waals surface area (Å²) in [5.41, 5.74) is 3.96. The molecule has 2 saturated heterocycles. The lowest BCUT2D eigenvalue weighted by atomic mass is 10.1. The first-order valence-electron chi connectivity index (χ1n) is 8.04. The fourth-order valence-corrected chi connectivity index (χ4v) is 3.14. The van der Waals surface area contributed by atoms with E-state index in [1.807, 2.05) is 0 Å². The third-order valence-electron chi connectivity index (χ3n) is 4.79. The first-order valence-corrected chi connectivity index (χ1v) is 8.04. The average Bonchev–Trinajstić information content (AvgIpc) is 2.41. The molecule has 1 aromatic rings. The van der Waals surface area contributed by atoms with Crippen LogP contribution in [0, 0.1) is 0 Å². The highest BCUT2D eigenvalue weighted by Gasteiger charge is 2.19. The Morgan fingerprint density at radius 3 is 2.64 bits per heavy atom. The van der Waals surface area contributed by atoms with Gasteiger partial charge < -0.3 is 9.32 Å². The second-order valence-electron chi connectivity index (χ2n) is 6.20. The van der Waals surface area contributed by atoms with Gasteiger partial charge in [-0.3, -0.25) is 0 Å². The van der Waals surface area contributed by atoms with Crippen LogP contribution >= 0.6 is 0 Å². The monoisotopic (exact) mass is 292 g/mol. The van der Waals surface area contributed by atoms with Crippen LogP contribution in [-0.4, -0.2) is 31.2 Å². The van der Waals surface area contributed by atoms with Crippen molar-refractivity contribution in [1.82, 2.24) is 9.56 Å². The number of anilines is 1.